The van der Waals surface area contributed by atoms with Crippen LogP contribution >= 0.6 is 0 Å². The van der Waals surface area contributed by atoms with Crippen molar-refractivity contribution in [2.24, 2.45) is 0 Å². The molecule has 3 heterocycles. The van der Waals surface area contributed by atoms with Crippen LogP contribution in [0.3, 0.4) is 0 Å². The van der Waals surface area contributed by atoms with Gasteiger partial charge in [0.25, 0.3) is 0 Å². The summed E-state index contributed by atoms with van der Waals surface area (Å²) in [6.07, 6.45) is 5.32. The van der Waals surface area contributed by atoms with Crippen molar-refractivity contribution in [1.82, 2.24) is 4.98 Å². The Morgan fingerprint density at radius 1 is 0.968 bits per heavy atom. The lowest BCUT2D eigenvalue weighted by molar-refractivity contribution is -0.135. The summed E-state index contributed by atoms with van der Waals surface area (Å²) in [7, 11) is 0. The molecule has 0 bridgehead atoms. The molecule has 1 unspecified atom stereocenters. The van der Waals surface area contributed by atoms with Crippen molar-refractivity contribution in [3.8, 4) is 11.5 Å². The highest BCUT2D eigenvalue weighted by Crippen LogP contribution is 2.48. The second-order valence-corrected chi connectivity index (χ2v) is 8.13. The van der Waals surface area contributed by atoms with E-state index < -0.39 is 0 Å². The summed E-state index contributed by atoms with van der Waals surface area (Å²) in [6.45, 7) is 4.28. The number of esters is 1. The first kappa shape index (κ1) is 19.2. The Bertz CT molecular complexity index is 1210. The van der Waals surface area contributed by atoms with E-state index in [1.165, 1.54) is 5.56 Å². The van der Waals surface area contributed by atoms with Crippen LogP contribution in [-0.4, -0.2) is 16.7 Å². The highest BCUT2D eigenvalue weighted by Gasteiger charge is 2.38. The molecule has 0 saturated heterocycles. The summed E-state index contributed by atoms with van der Waals surface area (Å²) in [5.74, 6) is 0.886. The normalized spacial score (nSPS) is 18.5. The Hall–Kier alpha value is -3.73. The number of allylic oxidation sites excluding steroid dienone is 1. The number of Topliss-reactive ketones (excluding diaryl/α,β-unsaturated/α-hetero) is 1. The summed E-state index contributed by atoms with van der Waals surface area (Å²) in [5, 5.41) is 0. The fraction of sp³-hybridized carbons (Fsp3) is 0.192. The molecule has 1 aromatic heterocycles. The fourth-order valence-electron chi connectivity index (χ4n) is 4.12. The number of hydrogen-bond donors (Lipinski definition) is 0. The van der Waals surface area contributed by atoms with E-state index in [1.54, 1.807) is 30.6 Å². The highest BCUT2D eigenvalue weighted by molar-refractivity contribution is 6.15. The maximum atomic E-state index is 13.1. The third-order valence-corrected chi connectivity index (χ3v) is 5.79. The molecule has 0 saturated carbocycles. The Labute approximate surface area is 180 Å². The molecule has 0 spiro atoms. The zero-order valence-electron chi connectivity index (χ0n) is 17.3. The molecule has 0 aliphatic carbocycles. The molecule has 3 aromatic rings. The smallest absolute Gasteiger partial charge is 0.312 e. The monoisotopic (exact) mass is 411 g/mol. The molecule has 2 aromatic carbocycles. The molecule has 1 atom stereocenters. The van der Waals surface area contributed by atoms with Gasteiger partial charge in [0.1, 0.15) is 11.5 Å². The lowest BCUT2D eigenvalue weighted by Crippen LogP contribution is -2.21. The average Bonchev–Trinajstić information content (AvgIpc) is 3.09. The maximum Gasteiger partial charge on any atom is 0.312 e. The molecule has 0 N–H and O–H groups in total. The first-order valence-electron chi connectivity index (χ1n) is 10.3. The number of nitrogens with zero attached hydrogens (tertiary/aromatic N) is 1. The molecule has 154 valence electrons. The van der Waals surface area contributed by atoms with E-state index in [0.717, 1.165) is 16.7 Å². The van der Waals surface area contributed by atoms with E-state index in [4.69, 9.17) is 9.47 Å². The molecule has 5 rings (SSSR count). The van der Waals surface area contributed by atoms with Crippen molar-refractivity contribution in [1.29, 1.82) is 0 Å². The van der Waals surface area contributed by atoms with E-state index in [2.05, 4.69) is 31.0 Å². The number of fused-ring (bicyclic) bond motifs is 3. The molecule has 5 nitrogen and oxygen atoms in total. The number of rotatable bonds is 3. The number of pyridine rings is 1. The average molecular weight is 411 g/mol. The van der Waals surface area contributed by atoms with Crippen molar-refractivity contribution in [2.45, 2.75) is 32.1 Å². The minimum Gasteiger partial charge on any atom is -0.452 e. The van der Waals surface area contributed by atoms with Gasteiger partial charge in [-0.2, -0.15) is 0 Å². The van der Waals surface area contributed by atoms with Crippen LogP contribution in [-0.2, 0) is 4.79 Å². The first-order valence-corrected chi connectivity index (χ1v) is 10.3. The number of ketones is 1. The largest absolute Gasteiger partial charge is 0.452 e. The maximum absolute atomic E-state index is 13.1. The molecule has 0 radical (unpaired) electrons. The van der Waals surface area contributed by atoms with Crippen LogP contribution in [0, 0.1) is 0 Å². The third-order valence-electron chi connectivity index (χ3n) is 5.79. The summed E-state index contributed by atoms with van der Waals surface area (Å²) in [6, 6.07) is 15.2. The van der Waals surface area contributed by atoms with E-state index in [9.17, 15) is 9.59 Å². The SMILES string of the molecule is CC(C)c1ccc(/C=C2\Oc3c(ccc4c3C(c3ccncc3)CC(=O)O4)C2=O)cc1. The van der Waals surface area contributed by atoms with Crippen molar-refractivity contribution in [3.05, 3.63) is 94.5 Å². The Morgan fingerprint density at radius 2 is 1.71 bits per heavy atom. The fourth-order valence-corrected chi connectivity index (χ4v) is 4.12. The van der Waals surface area contributed by atoms with Gasteiger partial charge >= 0.3 is 5.97 Å². The van der Waals surface area contributed by atoms with Crippen molar-refractivity contribution in [3.63, 3.8) is 0 Å². The summed E-state index contributed by atoms with van der Waals surface area (Å²) in [4.78, 5) is 29.3. The van der Waals surface area contributed by atoms with Gasteiger partial charge in [-0.25, -0.2) is 0 Å². The number of benzene rings is 2. The second-order valence-electron chi connectivity index (χ2n) is 8.13. The van der Waals surface area contributed by atoms with Crippen LogP contribution in [0.1, 0.15) is 64.7 Å². The van der Waals surface area contributed by atoms with E-state index in [1.807, 2.05) is 24.3 Å². The number of ether oxygens (including phenoxy) is 2. The predicted molar refractivity (Wildman–Crippen MR) is 116 cm³/mol. The van der Waals surface area contributed by atoms with E-state index in [0.29, 0.717) is 23.0 Å². The Balaban J connectivity index is 1.56. The number of aromatic nitrogens is 1. The molecular weight excluding hydrogens is 390 g/mol. The third kappa shape index (κ3) is 3.42. The first-order chi connectivity index (χ1) is 15.0. The van der Waals surface area contributed by atoms with Crippen molar-refractivity contribution in [2.75, 3.05) is 0 Å². The molecule has 2 aliphatic rings. The van der Waals surface area contributed by atoms with Gasteiger partial charge in [-0.3, -0.25) is 14.6 Å². The summed E-state index contributed by atoms with van der Waals surface area (Å²) < 4.78 is 11.6. The van der Waals surface area contributed by atoms with Crippen LogP contribution in [0.4, 0.5) is 0 Å². The standard InChI is InChI=1S/C26H21NO4/c1-15(2)17-5-3-16(4-6-17)13-22-25(29)19-7-8-21-24(26(19)31-22)20(14-23(28)30-21)18-9-11-27-12-10-18/h3-13,15,20H,14H2,1-2H3/b22-13-. The van der Waals surface area contributed by atoms with Gasteiger partial charge < -0.3 is 9.47 Å². The zero-order chi connectivity index (χ0) is 21.5. The minimum atomic E-state index is -0.306. The van der Waals surface area contributed by atoms with Gasteiger partial charge in [0.15, 0.2) is 5.76 Å². The van der Waals surface area contributed by atoms with Crippen LogP contribution < -0.4 is 9.47 Å². The van der Waals surface area contributed by atoms with Gasteiger partial charge in [-0.05, 0) is 52.9 Å². The lowest BCUT2D eigenvalue weighted by Gasteiger charge is -2.26. The lowest BCUT2D eigenvalue weighted by atomic mass is 9.85. The molecule has 0 amide bonds. The number of hydrogen-bond acceptors (Lipinski definition) is 5. The topological polar surface area (TPSA) is 65.5 Å². The Kier molecular flexibility index (Phi) is 4.66. The summed E-state index contributed by atoms with van der Waals surface area (Å²) >= 11 is 0. The minimum absolute atomic E-state index is 0.170. The van der Waals surface area contributed by atoms with E-state index >= 15 is 0 Å². The van der Waals surface area contributed by atoms with Crippen LogP contribution in [0.5, 0.6) is 11.5 Å². The van der Waals surface area contributed by atoms with Gasteiger partial charge in [-0.1, -0.05) is 38.1 Å². The predicted octanol–water partition coefficient (Wildman–Crippen LogP) is 5.26. The molecule has 5 heteroatoms. The molecule has 0 fully saturated rings. The molecule has 2 aliphatic heterocycles. The molecular formula is C26H21NO4. The number of carbonyl (C=O) groups is 2. The quantitative estimate of drug-likeness (QED) is 0.334. The van der Waals surface area contributed by atoms with Gasteiger partial charge in [0.05, 0.1) is 12.0 Å². The van der Waals surface area contributed by atoms with Crippen LogP contribution in [0.15, 0.2) is 66.7 Å². The van der Waals surface area contributed by atoms with Crippen LogP contribution in [0.25, 0.3) is 6.08 Å². The van der Waals surface area contributed by atoms with Crippen molar-refractivity contribution >= 4 is 17.8 Å². The van der Waals surface area contributed by atoms with E-state index in [-0.39, 0.29) is 29.9 Å². The summed E-state index contributed by atoms with van der Waals surface area (Å²) in [5.41, 5.74) is 4.28. The molecule has 31 heavy (non-hydrogen) atoms. The zero-order valence-corrected chi connectivity index (χ0v) is 17.3. The Morgan fingerprint density at radius 3 is 2.42 bits per heavy atom. The van der Waals surface area contributed by atoms with Gasteiger partial charge in [0, 0.05) is 23.9 Å². The number of carbonyl (C=O) groups excluding carboxylic acids is 2. The highest BCUT2D eigenvalue weighted by atomic mass is 16.5. The van der Waals surface area contributed by atoms with Gasteiger partial charge in [0.2, 0.25) is 5.78 Å². The van der Waals surface area contributed by atoms with Crippen LogP contribution in [0.2, 0.25) is 0 Å². The second kappa shape index (κ2) is 7.51. The van der Waals surface area contributed by atoms with Gasteiger partial charge in [-0.15, -0.1) is 0 Å². The van der Waals surface area contributed by atoms with Crippen molar-refractivity contribution < 1.29 is 19.1 Å².